The number of non-ortho nitro benzene ring substituents is 1. The molecule has 0 aromatic heterocycles. The molecule has 6 nitrogen and oxygen atoms in total. The molecular formula is C14H11ClN2O4. The Kier molecular flexibility index (Phi) is 4.39. The Labute approximate surface area is 125 Å². The first-order chi connectivity index (χ1) is 10.0. The molecule has 0 aliphatic rings. The summed E-state index contributed by atoms with van der Waals surface area (Å²) in [6.07, 6.45) is 1.33. The van der Waals surface area contributed by atoms with E-state index in [4.69, 9.17) is 16.3 Å². The highest BCUT2D eigenvalue weighted by atomic mass is 35.5. The summed E-state index contributed by atoms with van der Waals surface area (Å²) in [5.41, 5.74) is 0.600. The van der Waals surface area contributed by atoms with E-state index in [0.717, 1.165) is 6.07 Å². The maximum atomic E-state index is 10.9. The molecule has 1 N–H and O–H groups in total. The molecule has 0 amide bonds. The number of nitro benzene ring substituents is 1. The van der Waals surface area contributed by atoms with Crippen molar-refractivity contribution in [2.24, 2.45) is 4.99 Å². The van der Waals surface area contributed by atoms with Crippen LogP contribution in [-0.4, -0.2) is 23.4 Å². The molecule has 0 saturated carbocycles. The average Bonchev–Trinajstić information content (AvgIpc) is 2.47. The van der Waals surface area contributed by atoms with Crippen LogP contribution < -0.4 is 4.74 Å². The molecule has 0 unspecified atom stereocenters. The Morgan fingerprint density at radius 3 is 2.57 bits per heavy atom. The fourth-order valence-corrected chi connectivity index (χ4v) is 1.77. The maximum Gasteiger partial charge on any atom is 0.274 e. The number of aliphatic imine (C=N–C) groups is 1. The normalized spacial score (nSPS) is 10.8. The number of ether oxygens (including phenoxy) is 1. The number of phenols is 1. The molecule has 0 bridgehead atoms. The minimum Gasteiger partial charge on any atom is -0.504 e. The lowest BCUT2D eigenvalue weighted by atomic mass is 10.1. The van der Waals surface area contributed by atoms with E-state index in [2.05, 4.69) is 4.99 Å². The van der Waals surface area contributed by atoms with Gasteiger partial charge in [-0.3, -0.25) is 15.1 Å². The first kappa shape index (κ1) is 14.8. The van der Waals surface area contributed by atoms with Crippen molar-refractivity contribution in [1.82, 2.24) is 0 Å². The average molecular weight is 307 g/mol. The second kappa shape index (κ2) is 6.23. The molecule has 0 aliphatic heterocycles. The Morgan fingerprint density at radius 1 is 1.33 bits per heavy atom. The predicted octanol–water partition coefficient (Wildman–Crippen LogP) is 3.71. The number of phenolic OH excluding ortho intramolecular Hbond substituents is 1. The number of nitro groups is 1. The van der Waals surface area contributed by atoms with Gasteiger partial charge in [-0.05, 0) is 24.3 Å². The van der Waals surface area contributed by atoms with E-state index in [1.165, 1.54) is 19.4 Å². The zero-order valence-corrected chi connectivity index (χ0v) is 11.7. The van der Waals surface area contributed by atoms with E-state index in [-0.39, 0.29) is 22.7 Å². The van der Waals surface area contributed by atoms with E-state index in [1.807, 2.05) is 0 Å². The van der Waals surface area contributed by atoms with Crippen molar-refractivity contribution in [3.8, 4) is 11.5 Å². The summed E-state index contributed by atoms with van der Waals surface area (Å²) in [5.74, 6) is -0.192. The van der Waals surface area contributed by atoms with Gasteiger partial charge in [-0.2, -0.15) is 0 Å². The maximum absolute atomic E-state index is 10.9. The van der Waals surface area contributed by atoms with E-state index in [9.17, 15) is 15.2 Å². The quantitative estimate of drug-likeness (QED) is 0.530. The van der Waals surface area contributed by atoms with Crippen LogP contribution in [0.1, 0.15) is 5.56 Å². The number of benzene rings is 2. The molecule has 0 saturated heterocycles. The van der Waals surface area contributed by atoms with Crippen LogP contribution in [0.25, 0.3) is 0 Å². The fourth-order valence-electron chi connectivity index (χ4n) is 1.64. The first-order valence-electron chi connectivity index (χ1n) is 5.86. The third kappa shape index (κ3) is 3.49. The zero-order valence-electron chi connectivity index (χ0n) is 11.0. The summed E-state index contributed by atoms with van der Waals surface area (Å²) < 4.78 is 4.91. The van der Waals surface area contributed by atoms with Gasteiger partial charge in [-0.1, -0.05) is 11.6 Å². The fraction of sp³-hybridized carbons (Fsp3) is 0.0714. The molecule has 2 aromatic carbocycles. The van der Waals surface area contributed by atoms with Crippen molar-refractivity contribution in [3.05, 3.63) is 57.1 Å². The summed E-state index contributed by atoms with van der Waals surface area (Å²) in [7, 11) is 1.32. The molecule has 7 heteroatoms. The van der Waals surface area contributed by atoms with Crippen molar-refractivity contribution < 1.29 is 14.8 Å². The van der Waals surface area contributed by atoms with Crippen LogP contribution in [-0.2, 0) is 0 Å². The molecule has 0 atom stereocenters. The molecule has 0 heterocycles. The molecule has 0 spiro atoms. The SMILES string of the molecule is COc1cc([N+](=O)[O-])cc(C=Nc2ccc(Cl)cc2)c1O. The highest BCUT2D eigenvalue weighted by molar-refractivity contribution is 6.30. The van der Waals surface area contributed by atoms with Gasteiger partial charge in [0, 0.05) is 22.9 Å². The molecule has 21 heavy (non-hydrogen) atoms. The van der Waals surface area contributed by atoms with Crippen molar-refractivity contribution >= 4 is 29.2 Å². The summed E-state index contributed by atoms with van der Waals surface area (Å²) in [4.78, 5) is 14.4. The second-order valence-corrected chi connectivity index (χ2v) is 4.51. The van der Waals surface area contributed by atoms with Gasteiger partial charge in [0.05, 0.1) is 23.8 Å². The van der Waals surface area contributed by atoms with Gasteiger partial charge in [0.2, 0.25) is 0 Å². The van der Waals surface area contributed by atoms with Crippen molar-refractivity contribution in [2.75, 3.05) is 7.11 Å². The van der Waals surface area contributed by atoms with Crippen molar-refractivity contribution in [3.63, 3.8) is 0 Å². The molecule has 0 aliphatic carbocycles. The summed E-state index contributed by atoms with van der Waals surface area (Å²) in [6, 6.07) is 9.07. The van der Waals surface area contributed by atoms with Crippen LogP contribution in [0.4, 0.5) is 11.4 Å². The van der Waals surface area contributed by atoms with Crippen LogP contribution in [0, 0.1) is 10.1 Å². The lowest BCUT2D eigenvalue weighted by Crippen LogP contribution is -1.94. The number of methoxy groups -OCH3 is 1. The van der Waals surface area contributed by atoms with Crippen LogP contribution >= 0.6 is 11.6 Å². The van der Waals surface area contributed by atoms with Gasteiger partial charge in [0.25, 0.3) is 5.69 Å². The van der Waals surface area contributed by atoms with E-state index in [0.29, 0.717) is 10.7 Å². The summed E-state index contributed by atoms with van der Waals surface area (Å²) in [6.45, 7) is 0. The first-order valence-corrected chi connectivity index (χ1v) is 6.24. The number of hydrogen-bond donors (Lipinski definition) is 1. The van der Waals surface area contributed by atoms with Crippen LogP contribution in [0.2, 0.25) is 5.02 Å². The van der Waals surface area contributed by atoms with E-state index >= 15 is 0 Å². The third-order valence-corrected chi connectivity index (χ3v) is 2.95. The lowest BCUT2D eigenvalue weighted by Gasteiger charge is -2.05. The number of nitrogens with zero attached hydrogens (tertiary/aromatic N) is 2. The molecule has 0 radical (unpaired) electrons. The number of halogens is 1. The molecule has 2 aromatic rings. The largest absolute Gasteiger partial charge is 0.504 e. The smallest absolute Gasteiger partial charge is 0.274 e. The monoisotopic (exact) mass is 306 g/mol. The Bertz CT molecular complexity index is 699. The summed E-state index contributed by atoms with van der Waals surface area (Å²) in [5, 5.41) is 21.4. The van der Waals surface area contributed by atoms with E-state index < -0.39 is 4.92 Å². The highest BCUT2D eigenvalue weighted by Gasteiger charge is 2.15. The second-order valence-electron chi connectivity index (χ2n) is 4.08. The molecule has 0 fully saturated rings. The van der Waals surface area contributed by atoms with Gasteiger partial charge >= 0.3 is 0 Å². The van der Waals surface area contributed by atoms with Gasteiger partial charge in [-0.25, -0.2) is 0 Å². The molecule has 2 rings (SSSR count). The Hall–Kier alpha value is -2.60. The van der Waals surface area contributed by atoms with Crippen molar-refractivity contribution in [2.45, 2.75) is 0 Å². The van der Waals surface area contributed by atoms with Gasteiger partial charge < -0.3 is 9.84 Å². The van der Waals surface area contributed by atoms with E-state index in [1.54, 1.807) is 24.3 Å². The minimum atomic E-state index is -0.568. The minimum absolute atomic E-state index is 0.0155. The summed E-state index contributed by atoms with van der Waals surface area (Å²) >= 11 is 5.77. The lowest BCUT2D eigenvalue weighted by molar-refractivity contribution is -0.385. The third-order valence-electron chi connectivity index (χ3n) is 2.70. The standard InChI is InChI=1S/C14H11ClN2O4/c1-21-13-7-12(17(19)20)6-9(14(13)18)8-16-11-4-2-10(15)3-5-11/h2-8,18H,1H3. The zero-order chi connectivity index (χ0) is 15.4. The molecule has 108 valence electrons. The van der Waals surface area contributed by atoms with Gasteiger partial charge in [0.15, 0.2) is 11.5 Å². The van der Waals surface area contributed by atoms with Gasteiger partial charge in [0.1, 0.15) is 0 Å². The Morgan fingerprint density at radius 2 is 2.00 bits per heavy atom. The van der Waals surface area contributed by atoms with Crippen molar-refractivity contribution in [1.29, 1.82) is 0 Å². The predicted molar refractivity (Wildman–Crippen MR) is 80.0 cm³/mol. The molecular weight excluding hydrogens is 296 g/mol. The number of aromatic hydroxyl groups is 1. The number of hydrogen-bond acceptors (Lipinski definition) is 5. The van der Waals surface area contributed by atoms with Crippen LogP contribution in [0.3, 0.4) is 0 Å². The van der Waals surface area contributed by atoms with Crippen LogP contribution in [0.5, 0.6) is 11.5 Å². The number of rotatable bonds is 4. The Balaban J connectivity index is 2.40. The van der Waals surface area contributed by atoms with Crippen LogP contribution in [0.15, 0.2) is 41.4 Å². The van der Waals surface area contributed by atoms with Gasteiger partial charge in [-0.15, -0.1) is 0 Å². The topological polar surface area (TPSA) is 85.0 Å². The highest BCUT2D eigenvalue weighted by Crippen LogP contribution is 2.33.